The minimum Gasteiger partial charge on any atom is -0.359 e. The summed E-state index contributed by atoms with van der Waals surface area (Å²) in [6.07, 6.45) is 2.56. The van der Waals surface area contributed by atoms with Crippen LogP contribution in [0.2, 0.25) is 0 Å². The summed E-state index contributed by atoms with van der Waals surface area (Å²) in [5, 5.41) is 8.74. The maximum Gasteiger partial charge on any atom is 0.220 e. The van der Waals surface area contributed by atoms with Crippen LogP contribution in [0.15, 0.2) is 10.6 Å². The average Bonchev–Trinajstić information content (AvgIpc) is 2.86. The zero-order valence-electron chi connectivity index (χ0n) is 12.4. The molecule has 20 heavy (non-hydrogen) atoms. The van der Waals surface area contributed by atoms with Gasteiger partial charge in [-0.25, -0.2) is 0 Å². The van der Waals surface area contributed by atoms with Crippen LogP contribution >= 0.6 is 0 Å². The molecular weight excluding hydrogens is 258 g/mol. The van der Waals surface area contributed by atoms with E-state index < -0.39 is 0 Å². The highest BCUT2D eigenvalue weighted by Gasteiger charge is 2.22. The Kier molecular flexibility index (Phi) is 5.14. The zero-order chi connectivity index (χ0) is 14.5. The molecule has 0 aliphatic carbocycles. The van der Waals surface area contributed by atoms with Crippen molar-refractivity contribution in [1.29, 1.82) is 0 Å². The first-order valence-corrected chi connectivity index (χ1v) is 7.10. The lowest BCUT2D eigenvalue weighted by molar-refractivity contribution is -0.150. The number of nitrogens with zero attached hydrogens (tertiary/aromatic N) is 2. The fourth-order valence-corrected chi connectivity index (χ4v) is 2.52. The van der Waals surface area contributed by atoms with Crippen LogP contribution in [0.3, 0.4) is 0 Å². The molecule has 1 unspecified atom stereocenters. The monoisotopic (exact) mass is 281 g/mol. The van der Waals surface area contributed by atoms with Crippen molar-refractivity contribution in [2.75, 3.05) is 20.2 Å². The Balaban J connectivity index is 1.75. The summed E-state index contributed by atoms with van der Waals surface area (Å²) in [6.45, 7) is 5.56. The summed E-state index contributed by atoms with van der Waals surface area (Å²) in [4.78, 5) is 17.2. The molecule has 0 bridgehead atoms. The Morgan fingerprint density at radius 3 is 2.85 bits per heavy atom. The summed E-state index contributed by atoms with van der Waals surface area (Å²) < 4.78 is 5.16. The highest BCUT2D eigenvalue weighted by atomic mass is 16.7. The number of carbonyl (C=O) groups is 1. The summed E-state index contributed by atoms with van der Waals surface area (Å²) in [5.74, 6) is 1.21. The fraction of sp³-hybridized carbons (Fsp3) is 0.714. The second-order valence-electron chi connectivity index (χ2n) is 5.42. The van der Waals surface area contributed by atoms with Crippen molar-refractivity contribution in [2.24, 2.45) is 5.92 Å². The minimum atomic E-state index is -0.136. The molecule has 1 aliphatic rings. The number of aromatic nitrogens is 1. The molecule has 1 atom stereocenters. The van der Waals surface area contributed by atoms with Crippen LogP contribution in [0, 0.1) is 12.8 Å². The van der Waals surface area contributed by atoms with Crippen molar-refractivity contribution in [2.45, 2.75) is 39.2 Å². The molecule has 1 N–H and O–H groups in total. The molecule has 6 nitrogen and oxygen atoms in total. The fourth-order valence-electron chi connectivity index (χ4n) is 2.52. The van der Waals surface area contributed by atoms with E-state index in [-0.39, 0.29) is 11.9 Å². The van der Waals surface area contributed by atoms with Gasteiger partial charge in [0.05, 0.1) is 18.8 Å². The van der Waals surface area contributed by atoms with Crippen LogP contribution < -0.4 is 5.32 Å². The third-order valence-electron chi connectivity index (χ3n) is 3.76. The van der Waals surface area contributed by atoms with E-state index in [4.69, 9.17) is 9.36 Å². The Hall–Kier alpha value is -1.40. The lowest BCUT2D eigenvalue weighted by Crippen LogP contribution is -2.35. The van der Waals surface area contributed by atoms with E-state index in [0.717, 1.165) is 31.6 Å². The van der Waals surface area contributed by atoms with Crippen LogP contribution in [-0.2, 0) is 9.63 Å². The van der Waals surface area contributed by atoms with E-state index in [1.54, 1.807) is 7.11 Å². The van der Waals surface area contributed by atoms with E-state index in [0.29, 0.717) is 18.1 Å². The third kappa shape index (κ3) is 4.05. The van der Waals surface area contributed by atoms with Crippen molar-refractivity contribution >= 4 is 5.91 Å². The number of amides is 1. The van der Waals surface area contributed by atoms with Gasteiger partial charge in [0, 0.05) is 25.6 Å². The summed E-state index contributed by atoms with van der Waals surface area (Å²) in [6, 6.07) is 1.71. The molecule has 6 heteroatoms. The Morgan fingerprint density at radius 1 is 1.60 bits per heavy atom. The van der Waals surface area contributed by atoms with Gasteiger partial charge < -0.3 is 14.7 Å². The summed E-state index contributed by atoms with van der Waals surface area (Å²) >= 11 is 0. The number of aryl methyl sites for hydroxylation is 1. The molecule has 0 aromatic carbocycles. The SMILES string of the molecule is CON1CCC(CC(=O)NC(C)c2cc(C)no2)CC1. The quantitative estimate of drug-likeness (QED) is 0.891. The second-order valence-corrected chi connectivity index (χ2v) is 5.42. The van der Waals surface area contributed by atoms with Crippen LogP contribution in [0.4, 0.5) is 0 Å². The zero-order valence-corrected chi connectivity index (χ0v) is 12.4. The number of hydrogen-bond donors (Lipinski definition) is 1. The van der Waals surface area contributed by atoms with Gasteiger partial charge in [0.25, 0.3) is 0 Å². The van der Waals surface area contributed by atoms with Crippen molar-refractivity contribution in [3.63, 3.8) is 0 Å². The number of carbonyl (C=O) groups excluding carboxylic acids is 1. The van der Waals surface area contributed by atoms with Gasteiger partial charge in [0.15, 0.2) is 5.76 Å². The molecule has 1 aromatic heterocycles. The Labute approximate surface area is 119 Å². The molecular formula is C14H23N3O3. The van der Waals surface area contributed by atoms with Gasteiger partial charge in [0.1, 0.15) is 0 Å². The van der Waals surface area contributed by atoms with E-state index in [9.17, 15) is 4.79 Å². The molecule has 0 saturated carbocycles. The molecule has 1 amide bonds. The normalized spacial score (nSPS) is 18.9. The molecule has 2 heterocycles. The van der Waals surface area contributed by atoms with Gasteiger partial charge in [0.2, 0.25) is 5.91 Å². The molecule has 112 valence electrons. The number of hydrogen-bond acceptors (Lipinski definition) is 5. The van der Waals surface area contributed by atoms with Gasteiger partial charge >= 0.3 is 0 Å². The van der Waals surface area contributed by atoms with Crippen molar-refractivity contribution in [3.05, 3.63) is 17.5 Å². The Bertz CT molecular complexity index is 439. The first kappa shape index (κ1) is 15.0. The molecule has 1 aromatic rings. The van der Waals surface area contributed by atoms with Crippen molar-refractivity contribution in [1.82, 2.24) is 15.5 Å². The first-order valence-electron chi connectivity index (χ1n) is 7.10. The predicted octanol–water partition coefficient (Wildman–Crippen LogP) is 1.82. The van der Waals surface area contributed by atoms with E-state index in [1.165, 1.54) is 0 Å². The highest BCUT2D eigenvalue weighted by molar-refractivity contribution is 5.76. The molecule has 2 rings (SSSR count). The largest absolute Gasteiger partial charge is 0.359 e. The highest BCUT2D eigenvalue weighted by Crippen LogP contribution is 2.21. The van der Waals surface area contributed by atoms with Crippen LogP contribution in [0.5, 0.6) is 0 Å². The standard InChI is InChI=1S/C14H23N3O3/c1-10-8-13(20-16-10)11(2)15-14(18)9-12-4-6-17(19-3)7-5-12/h8,11-12H,4-7,9H2,1-3H3,(H,15,18). The van der Waals surface area contributed by atoms with E-state index in [2.05, 4.69) is 10.5 Å². The lowest BCUT2D eigenvalue weighted by atomic mass is 9.94. The summed E-state index contributed by atoms with van der Waals surface area (Å²) in [5.41, 5.74) is 0.827. The number of piperidine rings is 1. The minimum absolute atomic E-state index is 0.0717. The molecule has 1 saturated heterocycles. The number of nitrogens with one attached hydrogen (secondary N) is 1. The van der Waals surface area contributed by atoms with Crippen molar-refractivity contribution < 1.29 is 14.2 Å². The number of rotatable bonds is 5. The number of hydroxylamine groups is 2. The molecule has 0 spiro atoms. The van der Waals surface area contributed by atoms with Crippen molar-refractivity contribution in [3.8, 4) is 0 Å². The molecule has 0 radical (unpaired) electrons. The van der Waals surface area contributed by atoms with Gasteiger partial charge in [-0.15, -0.1) is 0 Å². The first-order chi connectivity index (χ1) is 9.58. The predicted molar refractivity (Wildman–Crippen MR) is 73.7 cm³/mol. The summed E-state index contributed by atoms with van der Waals surface area (Å²) in [7, 11) is 1.69. The lowest BCUT2D eigenvalue weighted by Gasteiger charge is -2.29. The Morgan fingerprint density at radius 2 is 2.30 bits per heavy atom. The van der Waals surface area contributed by atoms with Gasteiger partial charge in [-0.2, -0.15) is 5.06 Å². The van der Waals surface area contributed by atoms with E-state index >= 15 is 0 Å². The van der Waals surface area contributed by atoms with Crippen LogP contribution in [0.25, 0.3) is 0 Å². The molecule has 1 aliphatic heterocycles. The van der Waals surface area contributed by atoms with Crippen LogP contribution in [0.1, 0.15) is 43.7 Å². The van der Waals surface area contributed by atoms with E-state index in [1.807, 2.05) is 25.0 Å². The van der Waals surface area contributed by atoms with Gasteiger partial charge in [-0.3, -0.25) is 4.79 Å². The van der Waals surface area contributed by atoms with Gasteiger partial charge in [-0.1, -0.05) is 5.16 Å². The van der Waals surface area contributed by atoms with Gasteiger partial charge in [-0.05, 0) is 32.6 Å². The topological polar surface area (TPSA) is 67.6 Å². The maximum atomic E-state index is 12.0. The average molecular weight is 281 g/mol. The molecule has 1 fully saturated rings. The second kappa shape index (κ2) is 6.85. The smallest absolute Gasteiger partial charge is 0.220 e. The third-order valence-corrected chi connectivity index (χ3v) is 3.76. The maximum absolute atomic E-state index is 12.0. The van der Waals surface area contributed by atoms with Crippen LogP contribution in [-0.4, -0.2) is 36.3 Å².